The summed E-state index contributed by atoms with van der Waals surface area (Å²) >= 11 is 0. The van der Waals surface area contributed by atoms with Crippen molar-refractivity contribution in [1.29, 1.82) is 0 Å². The van der Waals surface area contributed by atoms with Gasteiger partial charge in [-0.1, -0.05) is 11.3 Å². The van der Waals surface area contributed by atoms with Crippen molar-refractivity contribution in [2.45, 2.75) is 6.18 Å². The van der Waals surface area contributed by atoms with Gasteiger partial charge >= 0.3 is 6.18 Å². The molecule has 4 rings (SSSR count). The molecule has 7 nitrogen and oxygen atoms in total. The zero-order chi connectivity index (χ0) is 19.9. The number of benzene rings is 2. The number of ether oxygens (including phenoxy) is 2. The molecular formula is C18H13F3N4O3. The summed E-state index contributed by atoms with van der Waals surface area (Å²) in [4.78, 5) is 14.0. The number of aromatic nitrogens is 3. The van der Waals surface area contributed by atoms with Gasteiger partial charge in [0.15, 0.2) is 17.2 Å². The van der Waals surface area contributed by atoms with Crippen molar-refractivity contribution in [2.75, 3.05) is 18.7 Å². The summed E-state index contributed by atoms with van der Waals surface area (Å²) in [5.74, 6) is 0.627. The van der Waals surface area contributed by atoms with E-state index < -0.39 is 17.6 Å². The molecule has 0 unspecified atom stereocenters. The highest BCUT2D eigenvalue weighted by atomic mass is 19.4. The molecule has 1 amide bonds. The number of carbonyl (C=O) groups is 1. The van der Waals surface area contributed by atoms with Gasteiger partial charge < -0.3 is 14.4 Å². The third-order valence-corrected chi connectivity index (χ3v) is 4.20. The van der Waals surface area contributed by atoms with Crippen LogP contribution in [0.15, 0.2) is 48.7 Å². The number of carbonyl (C=O) groups excluding carboxylic acids is 1. The SMILES string of the molecule is CN(C(=O)c1cn(-c2cccc(C(F)(F)F)c2)nn1)c1ccc2c(c1)OCO2. The molecular weight excluding hydrogens is 377 g/mol. The second-order valence-corrected chi connectivity index (χ2v) is 6.00. The average Bonchev–Trinajstić information content (AvgIpc) is 3.35. The van der Waals surface area contributed by atoms with E-state index in [2.05, 4.69) is 10.3 Å². The summed E-state index contributed by atoms with van der Waals surface area (Å²) in [5.41, 5.74) is -0.140. The maximum atomic E-state index is 12.9. The molecule has 0 radical (unpaired) electrons. The highest BCUT2D eigenvalue weighted by molar-refractivity contribution is 6.04. The number of alkyl halides is 3. The molecule has 2 heterocycles. The van der Waals surface area contributed by atoms with Crippen molar-refractivity contribution in [3.05, 3.63) is 59.9 Å². The lowest BCUT2D eigenvalue weighted by Crippen LogP contribution is -2.26. The van der Waals surface area contributed by atoms with Gasteiger partial charge in [-0.15, -0.1) is 5.10 Å². The summed E-state index contributed by atoms with van der Waals surface area (Å²) in [6.45, 7) is 0.113. The Morgan fingerprint density at radius 2 is 1.93 bits per heavy atom. The van der Waals surface area contributed by atoms with Crippen molar-refractivity contribution >= 4 is 11.6 Å². The van der Waals surface area contributed by atoms with Crippen LogP contribution in [-0.2, 0) is 6.18 Å². The summed E-state index contributed by atoms with van der Waals surface area (Å²) in [6, 6.07) is 9.62. The Kier molecular flexibility index (Phi) is 4.17. The van der Waals surface area contributed by atoms with Crippen LogP contribution in [-0.4, -0.2) is 34.7 Å². The molecule has 3 aromatic rings. The Hall–Kier alpha value is -3.56. The largest absolute Gasteiger partial charge is 0.454 e. The van der Waals surface area contributed by atoms with E-state index in [4.69, 9.17) is 9.47 Å². The van der Waals surface area contributed by atoms with E-state index in [0.29, 0.717) is 17.2 Å². The highest BCUT2D eigenvalue weighted by Gasteiger charge is 2.30. The molecule has 0 bridgehead atoms. The predicted molar refractivity (Wildman–Crippen MR) is 91.7 cm³/mol. The molecule has 1 aliphatic heterocycles. The van der Waals surface area contributed by atoms with Gasteiger partial charge in [0, 0.05) is 18.8 Å². The second kappa shape index (κ2) is 6.55. The van der Waals surface area contributed by atoms with Crippen LogP contribution in [0, 0.1) is 0 Å². The number of halogens is 3. The third-order valence-electron chi connectivity index (χ3n) is 4.20. The van der Waals surface area contributed by atoms with E-state index in [1.165, 1.54) is 23.2 Å². The maximum Gasteiger partial charge on any atom is 0.416 e. The normalized spacial score (nSPS) is 12.9. The number of hydrogen-bond donors (Lipinski definition) is 0. The first-order valence-electron chi connectivity index (χ1n) is 8.10. The van der Waals surface area contributed by atoms with Gasteiger partial charge in [-0.05, 0) is 30.3 Å². The fourth-order valence-electron chi connectivity index (χ4n) is 2.70. The fourth-order valence-corrected chi connectivity index (χ4v) is 2.70. The van der Waals surface area contributed by atoms with Gasteiger partial charge in [0.1, 0.15) is 0 Å². The average molecular weight is 390 g/mol. The summed E-state index contributed by atoms with van der Waals surface area (Å²) in [7, 11) is 1.54. The molecule has 28 heavy (non-hydrogen) atoms. The minimum absolute atomic E-state index is 0.0161. The van der Waals surface area contributed by atoms with Crippen LogP contribution in [0.3, 0.4) is 0 Å². The van der Waals surface area contributed by atoms with Crippen molar-refractivity contribution in [1.82, 2.24) is 15.0 Å². The van der Waals surface area contributed by atoms with Crippen molar-refractivity contribution in [3.8, 4) is 17.2 Å². The maximum absolute atomic E-state index is 12.9. The number of amides is 1. The van der Waals surface area contributed by atoms with E-state index in [9.17, 15) is 18.0 Å². The zero-order valence-corrected chi connectivity index (χ0v) is 14.5. The van der Waals surface area contributed by atoms with Crippen LogP contribution in [0.2, 0.25) is 0 Å². The van der Waals surface area contributed by atoms with Gasteiger partial charge in [-0.3, -0.25) is 4.79 Å². The lowest BCUT2D eigenvalue weighted by Gasteiger charge is -2.16. The Morgan fingerprint density at radius 3 is 2.71 bits per heavy atom. The van der Waals surface area contributed by atoms with Gasteiger partial charge in [0.05, 0.1) is 17.4 Å². The van der Waals surface area contributed by atoms with Gasteiger partial charge in [-0.25, -0.2) is 4.68 Å². The first-order valence-corrected chi connectivity index (χ1v) is 8.10. The van der Waals surface area contributed by atoms with Crippen LogP contribution in [0.25, 0.3) is 5.69 Å². The van der Waals surface area contributed by atoms with Crippen molar-refractivity contribution in [3.63, 3.8) is 0 Å². The standard InChI is InChI=1S/C18H13F3N4O3/c1-24(12-5-6-15-16(8-12)28-10-27-15)17(26)14-9-25(23-22-14)13-4-2-3-11(7-13)18(19,20)21/h2-9H,10H2,1H3. The van der Waals surface area contributed by atoms with Gasteiger partial charge in [0.25, 0.3) is 5.91 Å². The molecule has 10 heteroatoms. The highest BCUT2D eigenvalue weighted by Crippen LogP contribution is 2.35. The van der Waals surface area contributed by atoms with E-state index in [-0.39, 0.29) is 18.2 Å². The van der Waals surface area contributed by atoms with Crippen LogP contribution in [0.4, 0.5) is 18.9 Å². The van der Waals surface area contributed by atoms with Crippen LogP contribution in [0.1, 0.15) is 16.1 Å². The molecule has 1 aromatic heterocycles. The van der Waals surface area contributed by atoms with E-state index in [1.54, 1.807) is 25.2 Å². The number of rotatable bonds is 3. The first-order chi connectivity index (χ1) is 13.3. The lowest BCUT2D eigenvalue weighted by molar-refractivity contribution is -0.137. The number of hydrogen-bond acceptors (Lipinski definition) is 5. The molecule has 0 N–H and O–H groups in total. The Bertz CT molecular complexity index is 1050. The fraction of sp³-hybridized carbons (Fsp3) is 0.167. The Morgan fingerprint density at radius 1 is 1.14 bits per heavy atom. The van der Waals surface area contributed by atoms with E-state index in [1.807, 2.05) is 0 Å². The molecule has 0 saturated carbocycles. The predicted octanol–water partition coefficient (Wildman–Crippen LogP) is 3.29. The summed E-state index contributed by atoms with van der Waals surface area (Å²) in [5, 5.41) is 7.56. The van der Waals surface area contributed by atoms with Crippen molar-refractivity contribution in [2.24, 2.45) is 0 Å². The van der Waals surface area contributed by atoms with E-state index >= 15 is 0 Å². The van der Waals surface area contributed by atoms with Crippen LogP contribution < -0.4 is 14.4 Å². The van der Waals surface area contributed by atoms with Gasteiger partial charge in [0.2, 0.25) is 6.79 Å². The minimum Gasteiger partial charge on any atom is -0.454 e. The third kappa shape index (κ3) is 3.24. The minimum atomic E-state index is -4.48. The quantitative estimate of drug-likeness (QED) is 0.687. The smallest absolute Gasteiger partial charge is 0.416 e. The van der Waals surface area contributed by atoms with Crippen molar-refractivity contribution < 1.29 is 27.4 Å². The lowest BCUT2D eigenvalue weighted by atomic mass is 10.2. The monoisotopic (exact) mass is 390 g/mol. The Balaban J connectivity index is 1.58. The molecule has 144 valence electrons. The molecule has 0 atom stereocenters. The second-order valence-electron chi connectivity index (χ2n) is 6.00. The first kappa shape index (κ1) is 17.8. The molecule has 2 aromatic carbocycles. The summed E-state index contributed by atoms with van der Waals surface area (Å²) in [6.07, 6.45) is -3.20. The Labute approximate surface area is 156 Å². The molecule has 0 saturated heterocycles. The summed E-state index contributed by atoms with van der Waals surface area (Å²) < 4.78 is 50.3. The van der Waals surface area contributed by atoms with Crippen LogP contribution in [0.5, 0.6) is 11.5 Å². The number of nitrogens with zero attached hydrogens (tertiary/aromatic N) is 4. The molecule has 0 spiro atoms. The molecule has 1 aliphatic rings. The van der Waals surface area contributed by atoms with E-state index in [0.717, 1.165) is 16.8 Å². The van der Waals surface area contributed by atoms with Gasteiger partial charge in [-0.2, -0.15) is 13.2 Å². The molecule has 0 aliphatic carbocycles. The topological polar surface area (TPSA) is 69.5 Å². The zero-order valence-electron chi connectivity index (χ0n) is 14.5. The van der Waals surface area contributed by atoms with Crippen LogP contribution >= 0.6 is 0 Å². The number of fused-ring (bicyclic) bond motifs is 1. The molecule has 0 fully saturated rings. The number of anilines is 1.